The van der Waals surface area contributed by atoms with Gasteiger partial charge < -0.3 is 15.2 Å². The third-order valence-electron chi connectivity index (χ3n) is 2.76. The minimum atomic E-state index is -0.388. The molecule has 2 N–H and O–H groups in total. The molecule has 0 radical (unpaired) electrons. The van der Waals surface area contributed by atoms with Gasteiger partial charge >= 0.3 is 5.97 Å². The Morgan fingerprint density at radius 2 is 2.00 bits per heavy atom. The van der Waals surface area contributed by atoms with Crippen molar-refractivity contribution in [1.29, 1.82) is 0 Å². The fourth-order valence-corrected chi connectivity index (χ4v) is 2.99. The number of esters is 1. The van der Waals surface area contributed by atoms with E-state index in [0.29, 0.717) is 28.9 Å². The number of carbonyl (C=O) groups is 1. The molecule has 0 amide bonds. The van der Waals surface area contributed by atoms with E-state index in [9.17, 15) is 4.79 Å². The van der Waals surface area contributed by atoms with Crippen LogP contribution in [0, 0.1) is 0 Å². The molecule has 0 unspecified atom stereocenters. The number of rotatable bonds is 2. The average molecular weight is 379 g/mol. The molecule has 0 aromatic heterocycles. The fourth-order valence-electron chi connectivity index (χ4n) is 1.76. The Hall–Kier alpha value is -0.590. The first-order chi connectivity index (χ1) is 8.58. The van der Waals surface area contributed by atoms with Crippen LogP contribution in [0.4, 0.5) is 5.69 Å². The SMILES string of the molecule is Nc1c(Br)cc(Br)cc1C(=O)OC1CCOCC1. The molecule has 0 bridgehead atoms. The van der Waals surface area contributed by atoms with Crippen LogP contribution in [0.25, 0.3) is 0 Å². The Morgan fingerprint density at radius 1 is 1.33 bits per heavy atom. The second kappa shape index (κ2) is 6.04. The average Bonchev–Trinajstić information content (AvgIpc) is 2.35. The normalized spacial score (nSPS) is 16.6. The quantitative estimate of drug-likeness (QED) is 0.634. The zero-order chi connectivity index (χ0) is 13.1. The minimum Gasteiger partial charge on any atom is -0.459 e. The molecule has 0 saturated carbocycles. The van der Waals surface area contributed by atoms with Gasteiger partial charge in [0.25, 0.3) is 0 Å². The number of nitrogens with two attached hydrogens (primary N) is 1. The molecule has 1 aromatic rings. The first-order valence-electron chi connectivity index (χ1n) is 5.61. The Bertz CT molecular complexity index is 459. The van der Waals surface area contributed by atoms with E-state index in [1.165, 1.54) is 0 Å². The summed E-state index contributed by atoms with van der Waals surface area (Å²) in [5.74, 6) is -0.388. The van der Waals surface area contributed by atoms with E-state index in [4.69, 9.17) is 15.2 Å². The van der Waals surface area contributed by atoms with E-state index in [1.807, 2.05) is 0 Å². The molecule has 1 saturated heterocycles. The minimum absolute atomic E-state index is 0.0802. The van der Waals surface area contributed by atoms with Crippen LogP contribution < -0.4 is 5.73 Å². The summed E-state index contributed by atoms with van der Waals surface area (Å²) in [7, 11) is 0. The molecule has 2 rings (SSSR count). The molecule has 98 valence electrons. The molecule has 1 fully saturated rings. The number of benzene rings is 1. The van der Waals surface area contributed by atoms with Crippen LogP contribution in [0.3, 0.4) is 0 Å². The highest BCUT2D eigenvalue weighted by Gasteiger charge is 2.21. The summed E-state index contributed by atoms with van der Waals surface area (Å²) in [6.07, 6.45) is 1.39. The highest BCUT2D eigenvalue weighted by Crippen LogP contribution is 2.29. The van der Waals surface area contributed by atoms with Crippen molar-refractivity contribution in [3.8, 4) is 0 Å². The van der Waals surface area contributed by atoms with Crippen LogP contribution in [-0.4, -0.2) is 25.3 Å². The highest BCUT2D eigenvalue weighted by atomic mass is 79.9. The molecular weight excluding hydrogens is 366 g/mol. The number of ether oxygens (including phenoxy) is 2. The summed E-state index contributed by atoms with van der Waals surface area (Å²) >= 11 is 6.63. The molecule has 1 heterocycles. The Kier molecular flexibility index (Phi) is 4.64. The number of halogens is 2. The van der Waals surface area contributed by atoms with Gasteiger partial charge in [-0.15, -0.1) is 0 Å². The van der Waals surface area contributed by atoms with Crippen molar-refractivity contribution in [2.75, 3.05) is 18.9 Å². The van der Waals surface area contributed by atoms with Gasteiger partial charge in [0.15, 0.2) is 0 Å². The smallest absolute Gasteiger partial charge is 0.340 e. The van der Waals surface area contributed by atoms with Gasteiger partial charge in [-0.1, -0.05) is 15.9 Å². The molecule has 0 aliphatic carbocycles. The molecule has 0 spiro atoms. The van der Waals surface area contributed by atoms with Gasteiger partial charge in [0.2, 0.25) is 0 Å². The van der Waals surface area contributed by atoms with Gasteiger partial charge in [-0.25, -0.2) is 4.79 Å². The Morgan fingerprint density at radius 3 is 2.67 bits per heavy atom. The molecular formula is C12H13Br2NO3. The van der Waals surface area contributed by atoms with E-state index >= 15 is 0 Å². The Balaban J connectivity index is 2.13. The second-order valence-corrected chi connectivity index (χ2v) is 5.84. The van der Waals surface area contributed by atoms with Gasteiger partial charge in [-0.2, -0.15) is 0 Å². The summed E-state index contributed by atoms with van der Waals surface area (Å²) < 4.78 is 12.1. The van der Waals surface area contributed by atoms with Crippen LogP contribution in [0.2, 0.25) is 0 Å². The number of hydrogen-bond acceptors (Lipinski definition) is 4. The lowest BCUT2D eigenvalue weighted by Gasteiger charge is -2.22. The van der Waals surface area contributed by atoms with Gasteiger partial charge in [0.1, 0.15) is 6.10 Å². The molecule has 1 aliphatic rings. The van der Waals surface area contributed by atoms with E-state index in [2.05, 4.69) is 31.9 Å². The zero-order valence-electron chi connectivity index (χ0n) is 9.62. The third-order valence-corrected chi connectivity index (χ3v) is 3.87. The van der Waals surface area contributed by atoms with Crippen molar-refractivity contribution >= 4 is 43.5 Å². The maximum atomic E-state index is 12.1. The molecule has 0 atom stereocenters. The maximum absolute atomic E-state index is 12.1. The van der Waals surface area contributed by atoms with Gasteiger partial charge in [0.05, 0.1) is 24.5 Å². The van der Waals surface area contributed by atoms with Crippen LogP contribution in [0.15, 0.2) is 21.1 Å². The summed E-state index contributed by atoms with van der Waals surface area (Å²) in [6, 6.07) is 3.46. The number of hydrogen-bond donors (Lipinski definition) is 1. The number of carbonyl (C=O) groups excluding carboxylic acids is 1. The maximum Gasteiger partial charge on any atom is 0.340 e. The molecule has 1 aromatic carbocycles. The first-order valence-corrected chi connectivity index (χ1v) is 7.20. The number of anilines is 1. The Labute approximate surface area is 122 Å². The topological polar surface area (TPSA) is 61.6 Å². The third kappa shape index (κ3) is 3.24. The van der Waals surface area contributed by atoms with Crippen molar-refractivity contribution in [3.05, 3.63) is 26.6 Å². The summed E-state index contributed by atoms with van der Waals surface area (Å²) in [4.78, 5) is 12.1. The lowest BCUT2D eigenvalue weighted by molar-refractivity contribution is -0.0158. The van der Waals surface area contributed by atoms with E-state index < -0.39 is 0 Å². The summed E-state index contributed by atoms with van der Waals surface area (Å²) in [6.45, 7) is 1.27. The van der Waals surface area contributed by atoms with Crippen LogP contribution in [-0.2, 0) is 9.47 Å². The van der Waals surface area contributed by atoms with Gasteiger partial charge in [-0.05, 0) is 28.1 Å². The van der Waals surface area contributed by atoms with Crippen molar-refractivity contribution in [3.63, 3.8) is 0 Å². The van der Waals surface area contributed by atoms with Crippen molar-refractivity contribution in [2.45, 2.75) is 18.9 Å². The van der Waals surface area contributed by atoms with Crippen molar-refractivity contribution in [1.82, 2.24) is 0 Å². The van der Waals surface area contributed by atoms with Gasteiger partial charge in [0, 0.05) is 21.8 Å². The summed E-state index contributed by atoms with van der Waals surface area (Å²) in [5.41, 5.74) is 6.64. The molecule has 1 aliphatic heterocycles. The highest BCUT2D eigenvalue weighted by molar-refractivity contribution is 9.11. The zero-order valence-corrected chi connectivity index (χ0v) is 12.8. The van der Waals surface area contributed by atoms with E-state index in [1.54, 1.807) is 12.1 Å². The largest absolute Gasteiger partial charge is 0.459 e. The van der Waals surface area contributed by atoms with E-state index in [0.717, 1.165) is 17.3 Å². The second-order valence-electron chi connectivity index (χ2n) is 4.07. The molecule has 4 nitrogen and oxygen atoms in total. The fraction of sp³-hybridized carbons (Fsp3) is 0.417. The lowest BCUT2D eigenvalue weighted by Crippen LogP contribution is -2.26. The predicted octanol–water partition coefficient (Wildman–Crippen LogP) is 3.13. The predicted molar refractivity (Wildman–Crippen MR) is 75.5 cm³/mol. The molecule has 6 heteroatoms. The lowest BCUT2D eigenvalue weighted by atomic mass is 10.1. The van der Waals surface area contributed by atoms with Crippen LogP contribution >= 0.6 is 31.9 Å². The first kappa shape index (κ1) is 13.8. The summed E-state index contributed by atoms with van der Waals surface area (Å²) in [5, 5.41) is 0. The standard InChI is InChI=1S/C12H13Br2NO3/c13-7-5-9(11(15)10(14)6-7)12(16)18-8-1-3-17-4-2-8/h5-6,8H,1-4,15H2. The molecule has 18 heavy (non-hydrogen) atoms. The van der Waals surface area contributed by atoms with Crippen LogP contribution in [0.1, 0.15) is 23.2 Å². The van der Waals surface area contributed by atoms with Crippen molar-refractivity contribution in [2.24, 2.45) is 0 Å². The van der Waals surface area contributed by atoms with E-state index in [-0.39, 0.29) is 12.1 Å². The number of nitrogen functional groups attached to an aromatic ring is 1. The monoisotopic (exact) mass is 377 g/mol. The van der Waals surface area contributed by atoms with Crippen LogP contribution in [0.5, 0.6) is 0 Å². The van der Waals surface area contributed by atoms with Gasteiger partial charge in [-0.3, -0.25) is 0 Å². The van der Waals surface area contributed by atoms with Crippen molar-refractivity contribution < 1.29 is 14.3 Å².